The number of benzene rings is 1. The third-order valence-electron chi connectivity index (χ3n) is 2.57. The molecule has 0 amide bonds. The number of hydrogen-bond acceptors (Lipinski definition) is 1. The number of aliphatic hydroxyl groups excluding tert-OH is 1. The SMILES string of the molecule is CCC(O)c1ccc(CCC[SiH3])cc1. The summed E-state index contributed by atoms with van der Waals surface area (Å²) in [5, 5.41) is 9.60. The van der Waals surface area contributed by atoms with Gasteiger partial charge in [-0.05, 0) is 24.0 Å². The van der Waals surface area contributed by atoms with Gasteiger partial charge in [-0.15, -0.1) is 0 Å². The van der Waals surface area contributed by atoms with Crippen molar-refractivity contribution in [2.75, 3.05) is 0 Å². The summed E-state index contributed by atoms with van der Waals surface area (Å²) in [6.07, 6.45) is 3.00. The number of aryl methyl sites for hydroxylation is 1. The molecule has 14 heavy (non-hydrogen) atoms. The molecule has 1 rings (SSSR count). The maximum atomic E-state index is 9.60. The van der Waals surface area contributed by atoms with Gasteiger partial charge in [-0.25, -0.2) is 0 Å². The standard InChI is InChI=1S/C12H20OSi/c1-2-12(13)11-7-5-10(6-8-11)4-3-9-14/h5-8,12-13H,2-4,9H2,1,14H3. The molecular formula is C12H20OSi. The summed E-state index contributed by atoms with van der Waals surface area (Å²) in [5.74, 6) is 0. The Morgan fingerprint density at radius 1 is 1.29 bits per heavy atom. The van der Waals surface area contributed by atoms with E-state index in [4.69, 9.17) is 0 Å². The first-order chi connectivity index (χ1) is 6.77. The minimum absolute atomic E-state index is 0.289. The fraction of sp³-hybridized carbons (Fsp3) is 0.500. The van der Waals surface area contributed by atoms with Gasteiger partial charge in [0.2, 0.25) is 0 Å². The van der Waals surface area contributed by atoms with Gasteiger partial charge >= 0.3 is 0 Å². The summed E-state index contributed by atoms with van der Waals surface area (Å²) in [4.78, 5) is 0. The minimum atomic E-state index is -0.289. The first kappa shape index (κ1) is 11.5. The second kappa shape index (κ2) is 5.99. The minimum Gasteiger partial charge on any atom is -0.388 e. The Bertz CT molecular complexity index is 256. The maximum Gasteiger partial charge on any atom is 0.0787 e. The van der Waals surface area contributed by atoms with Crippen LogP contribution in [0.3, 0.4) is 0 Å². The van der Waals surface area contributed by atoms with E-state index in [1.54, 1.807) is 0 Å². The van der Waals surface area contributed by atoms with Crippen molar-refractivity contribution in [2.45, 2.75) is 38.3 Å². The highest BCUT2D eigenvalue weighted by atomic mass is 28.1. The molecule has 0 heterocycles. The smallest absolute Gasteiger partial charge is 0.0787 e. The summed E-state index contributed by atoms with van der Waals surface area (Å²) >= 11 is 0. The molecule has 0 radical (unpaired) electrons. The van der Waals surface area contributed by atoms with E-state index in [9.17, 15) is 5.11 Å². The number of aliphatic hydroxyl groups is 1. The van der Waals surface area contributed by atoms with Crippen molar-refractivity contribution in [3.05, 3.63) is 35.4 Å². The Kier molecular flexibility index (Phi) is 4.91. The van der Waals surface area contributed by atoms with Gasteiger partial charge in [0.05, 0.1) is 6.10 Å². The van der Waals surface area contributed by atoms with Crippen LogP contribution in [0.15, 0.2) is 24.3 Å². The molecule has 0 aromatic heterocycles. The van der Waals surface area contributed by atoms with E-state index in [-0.39, 0.29) is 6.10 Å². The molecule has 0 fully saturated rings. The largest absolute Gasteiger partial charge is 0.388 e. The molecule has 1 N–H and O–H groups in total. The van der Waals surface area contributed by atoms with Crippen LogP contribution in [0.5, 0.6) is 0 Å². The van der Waals surface area contributed by atoms with Gasteiger partial charge in [0, 0.05) is 10.2 Å². The first-order valence-corrected chi connectivity index (χ1v) is 6.96. The summed E-state index contributed by atoms with van der Waals surface area (Å²) in [5.41, 5.74) is 2.44. The van der Waals surface area contributed by atoms with Gasteiger partial charge in [0.15, 0.2) is 0 Å². The lowest BCUT2D eigenvalue weighted by Gasteiger charge is -2.08. The zero-order valence-corrected chi connectivity index (χ0v) is 11.2. The van der Waals surface area contributed by atoms with Gasteiger partial charge in [-0.3, -0.25) is 0 Å². The lowest BCUT2D eigenvalue weighted by atomic mass is 10.0. The van der Waals surface area contributed by atoms with Crippen molar-refractivity contribution < 1.29 is 5.11 Å². The molecule has 0 saturated heterocycles. The van der Waals surface area contributed by atoms with Crippen LogP contribution in [0, 0.1) is 0 Å². The summed E-state index contributed by atoms with van der Waals surface area (Å²) in [6, 6.07) is 9.77. The molecule has 0 saturated carbocycles. The molecule has 0 aliphatic rings. The van der Waals surface area contributed by atoms with E-state index in [1.807, 2.05) is 6.92 Å². The predicted molar refractivity (Wildman–Crippen MR) is 64.8 cm³/mol. The van der Waals surface area contributed by atoms with Crippen molar-refractivity contribution in [2.24, 2.45) is 0 Å². The maximum absolute atomic E-state index is 9.60. The topological polar surface area (TPSA) is 20.2 Å². The van der Waals surface area contributed by atoms with Gasteiger partial charge in [-0.2, -0.15) is 0 Å². The molecule has 78 valence electrons. The lowest BCUT2D eigenvalue weighted by Crippen LogP contribution is -1.95. The third-order valence-corrected chi connectivity index (χ3v) is 3.28. The van der Waals surface area contributed by atoms with E-state index in [0.717, 1.165) is 12.0 Å². The van der Waals surface area contributed by atoms with Crippen LogP contribution in [-0.2, 0) is 6.42 Å². The predicted octanol–water partition coefficient (Wildman–Crippen LogP) is 1.85. The average molecular weight is 208 g/mol. The highest BCUT2D eigenvalue weighted by Crippen LogP contribution is 2.17. The van der Waals surface area contributed by atoms with Crippen molar-refractivity contribution in [1.29, 1.82) is 0 Å². The van der Waals surface area contributed by atoms with Gasteiger partial charge in [-0.1, -0.05) is 43.7 Å². The molecule has 0 aliphatic carbocycles. The summed E-state index contributed by atoms with van der Waals surface area (Å²) in [6.45, 7) is 2.00. The fourth-order valence-electron chi connectivity index (χ4n) is 1.52. The lowest BCUT2D eigenvalue weighted by molar-refractivity contribution is 0.173. The Morgan fingerprint density at radius 3 is 2.43 bits per heavy atom. The molecule has 0 spiro atoms. The van der Waals surface area contributed by atoms with Crippen molar-refractivity contribution in [3.8, 4) is 0 Å². The van der Waals surface area contributed by atoms with E-state index in [0.29, 0.717) is 0 Å². The van der Waals surface area contributed by atoms with E-state index in [2.05, 4.69) is 24.3 Å². The molecule has 1 atom stereocenters. The fourth-order valence-corrected chi connectivity index (χ4v) is 1.88. The second-order valence-corrected chi connectivity index (χ2v) is 4.77. The number of hydrogen-bond donors (Lipinski definition) is 1. The Balaban J connectivity index is 2.59. The summed E-state index contributed by atoms with van der Waals surface area (Å²) in [7, 11) is 1.31. The Hall–Kier alpha value is -0.603. The van der Waals surface area contributed by atoms with Crippen LogP contribution in [0.2, 0.25) is 6.04 Å². The number of rotatable bonds is 5. The van der Waals surface area contributed by atoms with Crippen LogP contribution in [0.4, 0.5) is 0 Å². The van der Waals surface area contributed by atoms with Crippen molar-refractivity contribution >= 4 is 10.2 Å². The third kappa shape index (κ3) is 3.27. The molecule has 0 bridgehead atoms. The van der Waals surface area contributed by atoms with Gasteiger partial charge in [0.25, 0.3) is 0 Å². The van der Waals surface area contributed by atoms with Gasteiger partial charge < -0.3 is 5.11 Å². The highest BCUT2D eigenvalue weighted by Gasteiger charge is 2.03. The zero-order chi connectivity index (χ0) is 10.4. The first-order valence-electron chi connectivity index (χ1n) is 5.54. The molecule has 1 aromatic rings. The monoisotopic (exact) mass is 208 g/mol. The normalized spacial score (nSPS) is 13.0. The highest BCUT2D eigenvalue weighted by molar-refractivity contribution is 6.08. The van der Waals surface area contributed by atoms with Crippen LogP contribution in [-0.4, -0.2) is 15.3 Å². The quantitative estimate of drug-likeness (QED) is 0.732. The zero-order valence-electron chi connectivity index (χ0n) is 9.16. The van der Waals surface area contributed by atoms with Crippen LogP contribution in [0.25, 0.3) is 0 Å². The van der Waals surface area contributed by atoms with Crippen LogP contribution >= 0.6 is 0 Å². The van der Waals surface area contributed by atoms with E-state index in [1.165, 1.54) is 34.7 Å². The average Bonchev–Trinajstić information content (AvgIpc) is 2.26. The van der Waals surface area contributed by atoms with Crippen LogP contribution in [0.1, 0.15) is 37.0 Å². The Morgan fingerprint density at radius 2 is 1.93 bits per heavy atom. The second-order valence-electron chi connectivity index (χ2n) is 3.77. The molecular weight excluding hydrogens is 188 g/mol. The van der Waals surface area contributed by atoms with Crippen LogP contribution < -0.4 is 0 Å². The van der Waals surface area contributed by atoms with Gasteiger partial charge in [0.1, 0.15) is 0 Å². The Labute approximate surface area is 89.6 Å². The van der Waals surface area contributed by atoms with Crippen molar-refractivity contribution in [1.82, 2.24) is 0 Å². The van der Waals surface area contributed by atoms with E-state index >= 15 is 0 Å². The molecule has 2 heteroatoms. The molecule has 1 unspecified atom stereocenters. The van der Waals surface area contributed by atoms with E-state index < -0.39 is 0 Å². The molecule has 1 nitrogen and oxygen atoms in total. The molecule has 0 aliphatic heterocycles. The van der Waals surface area contributed by atoms with Crippen molar-refractivity contribution in [3.63, 3.8) is 0 Å². The summed E-state index contributed by atoms with van der Waals surface area (Å²) < 4.78 is 0. The molecule has 1 aromatic carbocycles.